The predicted molar refractivity (Wildman–Crippen MR) is 110 cm³/mol. The van der Waals surface area contributed by atoms with E-state index in [0.717, 1.165) is 0 Å². The zero-order valence-electron chi connectivity index (χ0n) is 17.7. The van der Waals surface area contributed by atoms with Crippen LogP contribution in [-0.4, -0.2) is 18.4 Å². The Morgan fingerprint density at radius 3 is 0.800 bits per heavy atom. The first kappa shape index (κ1) is 12.1. The summed E-state index contributed by atoms with van der Waals surface area (Å²) in [6, 6.07) is 32.9. The molecule has 0 bridgehead atoms. The van der Waals surface area contributed by atoms with Crippen molar-refractivity contribution in [3.63, 3.8) is 0 Å². The van der Waals surface area contributed by atoms with Gasteiger partial charge in [-0.3, -0.25) is 0 Å². The fourth-order valence-corrected chi connectivity index (χ4v) is 16.9. The van der Waals surface area contributed by atoms with Crippen LogP contribution in [0.1, 0.15) is 5.48 Å². The fourth-order valence-electron chi connectivity index (χ4n) is 3.55. The average molecular weight is 431 g/mol. The van der Waals surface area contributed by atoms with Crippen molar-refractivity contribution < 1.29 is 5.48 Å². The summed E-state index contributed by atoms with van der Waals surface area (Å²) in [5, 5.41) is 0. The van der Waals surface area contributed by atoms with Crippen molar-refractivity contribution in [2.75, 3.05) is 0 Å². The molecule has 0 aromatic heterocycles. The van der Waals surface area contributed by atoms with Gasteiger partial charge in [0.25, 0.3) is 0 Å². The first-order valence-corrected chi connectivity index (χ1v) is 14.0. The Morgan fingerprint density at radius 2 is 0.600 bits per heavy atom. The summed E-state index contributed by atoms with van der Waals surface area (Å²) in [7, 11) is 0. The molecule has 0 aliphatic rings. The molecule has 0 spiro atoms. The van der Waals surface area contributed by atoms with Gasteiger partial charge in [0.2, 0.25) is 0 Å². The van der Waals surface area contributed by atoms with E-state index in [-0.39, 0.29) is 0 Å². The normalized spacial score (nSPS) is 13.4. The van der Waals surface area contributed by atoms with Crippen LogP contribution in [0.4, 0.5) is 0 Å². The molecular weight excluding hydrogens is 407 g/mol. The van der Waals surface area contributed by atoms with Crippen LogP contribution in [-0.2, 0) is 0 Å². The summed E-state index contributed by atoms with van der Waals surface area (Å²) in [6.45, 7) is 0. The van der Waals surface area contributed by atoms with Crippen molar-refractivity contribution in [2.24, 2.45) is 0 Å². The fraction of sp³-hybridized carbons (Fsp3) is 0. The van der Waals surface area contributed by atoms with Crippen LogP contribution in [0, 0.1) is 0 Å². The third-order valence-corrected chi connectivity index (χ3v) is 18.3. The maximum absolute atomic E-state index is 7.94. The Morgan fingerprint density at radius 1 is 0.400 bits per heavy atom. The molecule has 0 fully saturated rings. The van der Waals surface area contributed by atoms with Gasteiger partial charge in [-0.15, -0.1) is 0 Å². The van der Waals surface area contributed by atoms with Gasteiger partial charge in [-0.05, 0) is 0 Å². The summed E-state index contributed by atoms with van der Waals surface area (Å²) in [4.78, 5) is 0. The monoisotopic (exact) mass is 432 g/mol. The van der Waals surface area contributed by atoms with Crippen LogP contribution in [0.5, 0.6) is 0 Å². The molecule has 0 N–H and O–H groups in total. The second-order valence-electron chi connectivity index (χ2n) is 5.90. The van der Waals surface area contributed by atoms with Crippen LogP contribution in [0.3, 0.4) is 0 Å². The molecule has 0 aliphatic heterocycles. The van der Waals surface area contributed by atoms with Crippen LogP contribution >= 0.6 is 0 Å². The van der Waals surface area contributed by atoms with E-state index in [1.54, 1.807) is 0 Å². The zero-order chi connectivity index (χ0) is 20.4. The summed E-state index contributed by atoms with van der Waals surface area (Å²) >= 11 is -3.77. The van der Waals surface area contributed by atoms with Crippen molar-refractivity contribution in [1.82, 2.24) is 0 Å². The summed E-state index contributed by atoms with van der Waals surface area (Å²) in [5.74, 6) is 0. The SMILES string of the molecule is [2H]c1cc[c]([Sn]([c]2ccc([2H])cc2)([c]2ccc([2H])cc2)[c]2ccc([2H])cc2)cc1. The molecule has 120 valence electrons. The minimum atomic E-state index is -3.77. The molecule has 0 aliphatic carbocycles. The number of hydrogen-bond donors (Lipinski definition) is 0. The van der Waals surface area contributed by atoms with Crippen molar-refractivity contribution >= 4 is 32.7 Å². The summed E-state index contributed by atoms with van der Waals surface area (Å²) in [6.07, 6.45) is 0. The second kappa shape index (κ2) is 7.28. The Hall–Kier alpha value is -2.32. The van der Waals surface area contributed by atoms with Crippen molar-refractivity contribution in [1.29, 1.82) is 0 Å². The van der Waals surface area contributed by atoms with Crippen molar-refractivity contribution in [2.45, 2.75) is 0 Å². The predicted octanol–water partition coefficient (Wildman–Crippen LogP) is 3.06. The van der Waals surface area contributed by atoms with E-state index in [0.29, 0.717) is 24.2 Å². The number of benzene rings is 4. The van der Waals surface area contributed by atoms with Gasteiger partial charge in [-0.1, -0.05) is 0 Å². The van der Waals surface area contributed by atoms with Gasteiger partial charge in [0, 0.05) is 0 Å². The molecule has 0 unspecified atom stereocenters. The molecule has 0 atom stereocenters. The molecule has 0 nitrogen and oxygen atoms in total. The standard InChI is InChI=1S/4C6H5.Sn/c4*1-2-4-6-5-3-1;/h4*1-5H;/i4*1D;. The molecule has 4 aromatic rings. The molecule has 0 saturated carbocycles. The molecule has 25 heavy (non-hydrogen) atoms. The van der Waals surface area contributed by atoms with E-state index < -0.39 is 18.4 Å². The molecule has 0 amide bonds. The summed E-state index contributed by atoms with van der Waals surface area (Å²) in [5.41, 5.74) is 0. The van der Waals surface area contributed by atoms with E-state index in [2.05, 4.69) is 48.5 Å². The number of rotatable bonds is 4. The van der Waals surface area contributed by atoms with E-state index in [9.17, 15) is 0 Å². The first-order valence-electron chi connectivity index (χ1n) is 10.3. The van der Waals surface area contributed by atoms with Gasteiger partial charge in [-0.25, -0.2) is 0 Å². The van der Waals surface area contributed by atoms with Gasteiger partial charge in [0.15, 0.2) is 0 Å². The van der Waals surface area contributed by atoms with Gasteiger partial charge >= 0.3 is 159 Å². The minimum absolute atomic E-state index is 0.471. The molecule has 4 aromatic carbocycles. The van der Waals surface area contributed by atoms with E-state index in [1.807, 2.05) is 48.5 Å². The third-order valence-electron chi connectivity index (χ3n) is 4.60. The van der Waals surface area contributed by atoms with Crippen LogP contribution in [0.15, 0.2) is 121 Å². The van der Waals surface area contributed by atoms with Crippen LogP contribution < -0.4 is 14.3 Å². The quantitative estimate of drug-likeness (QED) is 0.436. The molecule has 1 heteroatoms. The van der Waals surface area contributed by atoms with Crippen molar-refractivity contribution in [3.8, 4) is 0 Å². The molecule has 0 heterocycles. The van der Waals surface area contributed by atoms with Gasteiger partial charge in [0.1, 0.15) is 0 Å². The van der Waals surface area contributed by atoms with E-state index >= 15 is 0 Å². The van der Waals surface area contributed by atoms with Gasteiger partial charge in [-0.2, -0.15) is 0 Å². The molecule has 0 saturated heterocycles. The second-order valence-corrected chi connectivity index (χ2v) is 16.8. The Kier molecular flexibility index (Phi) is 3.52. The van der Waals surface area contributed by atoms with Gasteiger partial charge in [0.05, 0.1) is 0 Å². The number of hydrogen-bond acceptors (Lipinski definition) is 0. The average Bonchev–Trinajstić information content (AvgIpc) is 2.73. The maximum atomic E-state index is 7.94. The van der Waals surface area contributed by atoms with E-state index in [4.69, 9.17) is 5.48 Å². The Bertz CT molecular complexity index is 916. The molecule has 4 rings (SSSR count). The Balaban J connectivity index is 2.11. The van der Waals surface area contributed by atoms with Gasteiger partial charge < -0.3 is 0 Å². The van der Waals surface area contributed by atoms with Crippen molar-refractivity contribution in [3.05, 3.63) is 121 Å². The summed E-state index contributed by atoms with van der Waals surface area (Å²) < 4.78 is 36.6. The zero-order valence-corrected chi connectivity index (χ0v) is 16.6. The first-order chi connectivity index (χ1) is 14.0. The molecular formula is C24H20Sn. The van der Waals surface area contributed by atoms with Crippen LogP contribution in [0.2, 0.25) is 0 Å². The molecule has 0 radical (unpaired) electrons. The topological polar surface area (TPSA) is 0 Å². The Labute approximate surface area is 159 Å². The third kappa shape index (κ3) is 2.91. The van der Waals surface area contributed by atoms with Crippen LogP contribution in [0.25, 0.3) is 0 Å². The van der Waals surface area contributed by atoms with E-state index in [1.165, 1.54) is 14.3 Å².